The van der Waals surface area contributed by atoms with Crippen LogP contribution in [0.4, 0.5) is 13.2 Å². The molecule has 0 fully saturated rings. The monoisotopic (exact) mass is 465 g/mol. The van der Waals surface area contributed by atoms with Gasteiger partial charge in [0.05, 0.1) is 11.3 Å². The Kier molecular flexibility index (Phi) is 6.72. The number of aromatic nitrogens is 2. The zero-order valence-corrected chi connectivity index (χ0v) is 19.0. The van der Waals surface area contributed by atoms with Crippen molar-refractivity contribution in [1.29, 1.82) is 0 Å². The smallest absolute Gasteiger partial charge is 0.361 e. The van der Waals surface area contributed by atoms with Gasteiger partial charge in [-0.15, -0.1) is 0 Å². The van der Waals surface area contributed by atoms with Crippen LogP contribution in [0.25, 0.3) is 22.2 Å². The van der Waals surface area contributed by atoms with Crippen LogP contribution in [0.2, 0.25) is 0 Å². The molecule has 2 N–H and O–H groups in total. The SMILES string of the molecule is CC(C)CNC(=O)CC(c1ccc(C(F)(F)F)cc1)c1c[nH]c2cc(-c3ccccn3)ccc12. The van der Waals surface area contributed by atoms with Crippen molar-refractivity contribution < 1.29 is 18.0 Å². The molecule has 7 heteroatoms. The zero-order chi connectivity index (χ0) is 24.3. The number of fused-ring (bicyclic) bond motifs is 1. The predicted octanol–water partition coefficient (Wildman–Crippen LogP) is 6.54. The van der Waals surface area contributed by atoms with Crippen LogP contribution in [-0.2, 0) is 11.0 Å². The lowest BCUT2D eigenvalue weighted by atomic mass is 9.87. The van der Waals surface area contributed by atoms with Crippen molar-refractivity contribution in [3.8, 4) is 11.3 Å². The molecule has 4 nitrogen and oxygen atoms in total. The van der Waals surface area contributed by atoms with E-state index in [9.17, 15) is 18.0 Å². The van der Waals surface area contributed by atoms with Crippen LogP contribution in [0.3, 0.4) is 0 Å². The summed E-state index contributed by atoms with van der Waals surface area (Å²) in [6.07, 6.45) is -0.709. The summed E-state index contributed by atoms with van der Waals surface area (Å²) < 4.78 is 39.3. The first kappa shape index (κ1) is 23.5. The molecular weight excluding hydrogens is 439 g/mol. The van der Waals surface area contributed by atoms with E-state index in [1.165, 1.54) is 12.1 Å². The van der Waals surface area contributed by atoms with Crippen molar-refractivity contribution in [2.45, 2.75) is 32.4 Å². The Hall–Kier alpha value is -3.61. The fourth-order valence-corrected chi connectivity index (χ4v) is 4.02. The van der Waals surface area contributed by atoms with Crippen molar-refractivity contribution >= 4 is 16.8 Å². The molecule has 0 spiro atoms. The second kappa shape index (κ2) is 9.71. The van der Waals surface area contributed by atoms with Gasteiger partial charge in [-0.3, -0.25) is 9.78 Å². The van der Waals surface area contributed by atoms with Gasteiger partial charge in [-0.2, -0.15) is 13.2 Å². The second-order valence-electron chi connectivity index (χ2n) is 8.79. The fourth-order valence-electron chi connectivity index (χ4n) is 4.02. The summed E-state index contributed by atoms with van der Waals surface area (Å²) in [6, 6.07) is 16.7. The quantitative estimate of drug-likeness (QED) is 0.325. The van der Waals surface area contributed by atoms with Gasteiger partial charge in [0.2, 0.25) is 5.91 Å². The van der Waals surface area contributed by atoms with Gasteiger partial charge in [0.15, 0.2) is 0 Å². The predicted molar refractivity (Wildman–Crippen MR) is 127 cm³/mol. The van der Waals surface area contributed by atoms with Crippen LogP contribution in [0.15, 0.2) is 73.1 Å². The zero-order valence-electron chi connectivity index (χ0n) is 19.0. The van der Waals surface area contributed by atoms with Crippen LogP contribution in [0, 0.1) is 5.92 Å². The third kappa shape index (κ3) is 5.30. The lowest BCUT2D eigenvalue weighted by Crippen LogP contribution is -2.28. The highest BCUT2D eigenvalue weighted by Gasteiger charge is 2.31. The maximum absolute atomic E-state index is 13.1. The Balaban J connectivity index is 1.71. The molecule has 2 aromatic heterocycles. The number of amides is 1. The molecule has 0 aliphatic carbocycles. The fraction of sp³-hybridized carbons (Fsp3) is 0.259. The minimum atomic E-state index is -4.41. The number of pyridine rings is 1. The van der Waals surface area contributed by atoms with Gasteiger partial charge < -0.3 is 10.3 Å². The number of halogens is 3. The highest BCUT2D eigenvalue weighted by Crippen LogP contribution is 2.36. The van der Waals surface area contributed by atoms with E-state index in [2.05, 4.69) is 15.3 Å². The normalized spacial score (nSPS) is 12.8. The van der Waals surface area contributed by atoms with Gasteiger partial charge in [0.1, 0.15) is 0 Å². The summed E-state index contributed by atoms with van der Waals surface area (Å²) in [5, 5.41) is 3.84. The van der Waals surface area contributed by atoms with Crippen molar-refractivity contribution in [3.63, 3.8) is 0 Å². The Bertz CT molecular complexity index is 1260. The number of nitrogens with one attached hydrogen (secondary N) is 2. The van der Waals surface area contributed by atoms with Crippen LogP contribution < -0.4 is 5.32 Å². The Labute approximate surface area is 196 Å². The molecule has 1 unspecified atom stereocenters. The average molecular weight is 466 g/mol. The topological polar surface area (TPSA) is 57.8 Å². The molecular formula is C27H26F3N3O. The summed E-state index contributed by atoms with van der Waals surface area (Å²) >= 11 is 0. The number of benzene rings is 2. The Morgan fingerprint density at radius 1 is 1.06 bits per heavy atom. The second-order valence-corrected chi connectivity index (χ2v) is 8.79. The number of hydrogen-bond donors (Lipinski definition) is 2. The van der Waals surface area contributed by atoms with Crippen molar-refractivity contribution in [1.82, 2.24) is 15.3 Å². The number of aromatic amines is 1. The molecule has 1 amide bonds. The number of carbonyl (C=O) groups excluding carboxylic acids is 1. The highest BCUT2D eigenvalue weighted by atomic mass is 19.4. The van der Waals surface area contributed by atoms with Gasteiger partial charge in [0, 0.05) is 47.7 Å². The van der Waals surface area contributed by atoms with Crippen LogP contribution >= 0.6 is 0 Å². The number of hydrogen-bond acceptors (Lipinski definition) is 2. The average Bonchev–Trinajstić information content (AvgIpc) is 3.24. The number of carbonyl (C=O) groups is 1. The molecule has 176 valence electrons. The van der Waals surface area contributed by atoms with Gasteiger partial charge in [-0.05, 0) is 47.4 Å². The van der Waals surface area contributed by atoms with E-state index < -0.39 is 17.7 Å². The van der Waals surface area contributed by atoms with E-state index in [1.807, 2.05) is 56.4 Å². The van der Waals surface area contributed by atoms with Crippen molar-refractivity contribution in [3.05, 3.63) is 89.7 Å². The molecule has 0 aliphatic heterocycles. The molecule has 4 aromatic rings. The Morgan fingerprint density at radius 2 is 1.82 bits per heavy atom. The van der Waals surface area contributed by atoms with Gasteiger partial charge >= 0.3 is 6.18 Å². The standard InChI is InChI=1S/C27H26F3N3O/c1-17(2)15-33-26(34)14-22(18-6-9-20(10-7-18)27(28,29)30)23-16-32-25-13-19(8-11-21(23)25)24-5-3-4-12-31-24/h3-13,16-17,22,32H,14-15H2,1-2H3,(H,33,34). The molecule has 4 rings (SSSR count). The molecule has 0 saturated carbocycles. The van der Waals surface area contributed by atoms with Crippen LogP contribution in [0.1, 0.15) is 42.9 Å². The van der Waals surface area contributed by atoms with E-state index in [0.717, 1.165) is 39.9 Å². The third-order valence-electron chi connectivity index (χ3n) is 5.79. The molecule has 0 saturated heterocycles. The summed E-state index contributed by atoms with van der Waals surface area (Å²) in [5.74, 6) is -0.242. The number of H-pyrrole nitrogens is 1. The van der Waals surface area contributed by atoms with Crippen LogP contribution in [-0.4, -0.2) is 22.4 Å². The minimum absolute atomic E-state index is 0.132. The van der Waals surface area contributed by atoms with Crippen LogP contribution in [0.5, 0.6) is 0 Å². The summed E-state index contributed by atoms with van der Waals surface area (Å²) in [4.78, 5) is 20.4. The van der Waals surface area contributed by atoms with E-state index in [0.29, 0.717) is 18.0 Å². The molecule has 0 aliphatic rings. The van der Waals surface area contributed by atoms with Gasteiger partial charge in [0.25, 0.3) is 0 Å². The largest absolute Gasteiger partial charge is 0.416 e. The first-order valence-electron chi connectivity index (χ1n) is 11.2. The third-order valence-corrected chi connectivity index (χ3v) is 5.79. The van der Waals surface area contributed by atoms with Crippen molar-refractivity contribution in [2.75, 3.05) is 6.54 Å². The Morgan fingerprint density at radius 3 is 2.47 bits per heavy atom. The van der Waals surface area contributed by atoms with Gasteiger partial charge in [-0.1, -0.05) is 44.2 Å². The summed E-state index contributed by atoms with van der Waals surface area (Å²) in [6.45, 7) is 4.55. The first-order valence-corrected chi connectivity index (χ1v) is 11.2. The van der Waals surface area contributed by atoms with E-state index >= 15 is 0 Å². The lowest BCUT2D eigenvalue weighted by molar-refractivity contribution is -0.137. The molecule has 2 heterocycles. The molecule has 0 bridgehead atoms. The van der Waals surface area contributed by atoms with E-state index in [-0.39, 0.29) is 12.3 Å². The highest BCUT2D eigenvalue weighted by molar-refractivity contribution is 5.89. The lowest BCUT2D eigenvalue weighted by Gasteiger charge is -2.19. The maximum Gasteiger partial charge on any atom is 0.416 e. The van der Waals surface area contributed by atoms with E-state index in [4.69, 9.17) is 0 Å². The van der Waals surface area contributed by atoms with Crippen molar-refractivity contribution in [2.24, 2.45) is 5.92 Å². The van der Waals surface area contributed by atoms with Gasteiger partial charge in [-0.25, -0.2) is 0 Å². The maximum atomic E-state index is 13.1. The molecule has 1 atom stereocenters. The summed E-state index contributed by atoms with van der Waals surface area (Å²) in [7, 11) is 0. The molecule has 2 aromatic carbocycles. The minimum Gasteiger partial charge on any atom is -0.361 e. The molecule has 0 radical (unpaired) electrons. The summed E-state index contributed by atoms with van der Waals surface area (Å²) in [5.41, 5.74) is 3.47. The number of nitrogens with zero attached hydrogens (tertiary/aromatic N) is 1. The first-order chi connectivity index (χ1) is 16.2. The van der Waals surface area contributed by atoms with E-state index in [1.54, 1.807) is 6.20 Å². The molecule has 34 heavy (non-hydrogen) atoms. The number of alkyl halides is 3. The number of rotatable bonds is 7.